The van der Waals surface area contributed by atoms with Gasteiger partial charge in [-0.1, -0.05) is 77.4 Å². The van der Waals surface area contributed by atoms with Crippen molar-refractivity contribution in [3.8, 4) is 17.1 Å². The number of aromatic nitrogens is 3. The van der Waals surface area contributed by atoms with Gasteiger partial charge in [-0.15, -0.1) is 10.2 Å². The van der Waals surface area contributed by atoms with Crippen molar-refractivity contribution in [3.05, 3.63) is 94.5 Å². The first kappa shape index (κ1) is 22.1. The van der Waals surface area contributed by atoms with Gasteiger partial charge in [-0.25, -0.2) is 5.43 Å². The summed E-state index contributed by atoms with van der Waals surface area (Å²) in [5.41, 5.74) is 5.07. The van der Waals surface area contributed by atoms with Gasteiger partial charge in [-0.05, 0) is 42.0 Å². The number of halogens is 2. The highest BCUT2D eigenvalue weighted by molar-refractivity contribution is 7.99. The van der Waals surface area contributed by atoms with E-state index in [0.29, 0.717) is 21.0 Å². The van der Waals surface area contributed by atoms with Gasteiger partial charge in [0.05, 0.1) is 12.0 Å². The summed E-state index contributed by atoms with van der Waals surface area (Å²) in [6.45, 7) is 0. The summed E-state index contributed by atoms with van der Waals surface area (Å²) in [5, 5.41) is 14.5. The number of benzene rings is 3. The topological polar surface area (TPSA) is 72.2 Å². The number of hydrogen-bond donors (Lipinski definition) is 1. The highest BCUT2D eigenvalue weighted by Gasteiger charge is 2.17. The smallest absolute Gasteiger partial charge is 0.250 e. The minimum absolute atomic E-state index is 0.118. The molecule has 0 unspecified atom stereocenters. The molecule has 0 radical (unpaired) electrons. The first-order valence-electron chi connectivity index (χ1n) is 9.57. The zero-order valence-corrected chi connectivity index (χ0v) is 19.0. The minimum atomic E-state index is -0.264. The molecule has 0 atom stereocenters. The number of hydrazone groups is 1. The van der Waals surface area contributed by atoms with E-state index < -0.39 is 0 Å². The molecule has 6 nitrogen and oxygen atoms in total. The van der Waals surface area contributed by atoms with Crippen LogP contribution in [0.1, 0.15) is 5.56 Å². The van der Waals surface area contributed by atoms with Gasteiger partial charge >= 0.3 is 0 Å². The standard InChI is InChI=1S/C23H17Cl2N5OS/c24-18-9-11-20(12-10-18)30-22(17-6-2-1-3-7-17)28-29-23(30)32-15-21(31)27-26-14-16-5-4-8-19(25)13-16/h1-14H,15H2,(H,27,31)/b26-14+. The first-order chi connectivity index (χ1) is 15.6. The fourth-order valence-electron chi connectivity index (χ4n) is 2.89. The molecule has 0 saturated heterocycles. The van der Waals surface area contributed by atoms with Crippen LogP contribution in [0.4, 0.5) is 0 Å². The van der Waals surface area contributed by atoms with Gasteiger partial charge < -0.3 is 0 Å². The zero-order chi connectivity index (χ0) is 22.3. The lowest BCUT2D eigenvalue weighted by molar-refractivity contribution is -0.118. The minimum Gasteiger partial charge on any atom is -0.272 e. The van der Waals surface area contributed by atoms with E-state index in [9.17, 15) is 4.79 Å². The van der Waals surface area contributed by atoms with Gasteiger partial charge in [0.15, 0.2) is 11.0 Å². The van der Waals surface area contributed by atoms with E-state index in [1.165, 1.54) is 18.0 Å². The number of nitrogens with one attached hydrogen (secondary N) is 1. The third kappa shape index (κ3) is 5.56. The van der Waals surface area contributed by atoms with Crippen molar-refractivity contribution in [1.82, 2.24) is 20.2 Å². The summed E-state index contributed by atoms with van der Waals surface area (Å²) >= 11 is 13.3. The van der Waals surface area contributed by atoms with Crippen LogP contribution in [0, 0.1) is 0 Å². The fourth-order valence-corrected chi connectivity index (χ4v) is 3.96. The molecule has 0 saturated carbocycles. The van der Waals surface area contributed by atoms with Crippen LogP contribution < -0.4 is 5.43 Å². The van der Waals surface area contributed by atoms with Crippen LogP contribution in [-0.4, -0.2) is 32.6 Å². The van der Waals surface area contributed by atoms with Gasteiger partial charge in [0.2, 0.25) is 0 Å². The molecule has 0 fully saturated rings. The number of thioether (sulfide) groups is 1. The SMILES string of the molecule is O=C(CSc1nnc(-c2ccccc2)n1-c1ccc(Cl)cc1)N/N=C/c1cccc(Cl)c1. The Morgan fingerprint density at radius 3 is 2.50 bits per heavy atom. The van der Waals surface area contributed by atoms with Crippen molar-refractivity contribution in [2.75, 3.05) is 5.75 Å². The van der Waals surface area contributed by atoms with Crippen LogP contribution >= 0.6 is 35.0 Å². The quantitative estimate of drug-likeness (QED) is 0.215. The molecule has 32 heavy (non-hydrogen) atoms. The molecule has 0 aliphatic rings. The van der Waals surface area contributed by atoms with Crippen LogP contribution in [0.5, 0.6) is 0 Å². The lowest BCUT2D eigenvalue weighted by Crippen LogP contribution is -2.20. The van der Waals surface area contributed by atoms with Crippen LogP contribution in [0.3, 0.4) is 0 Å². The monoisotopic (exact) mass is 481 g/mol. The molecule has 4 rings (SSSR count). The van der Waals surface area contributed by atoms with Crippen molar-refractivity contribution in [1.29, 1.82) is 0 Å². The second-order valence-corrected chi connectivity index (χ2v) is 8.44. The lowest BCUT2D eigenvalue weighted by Gasteiger charge is -2.10. The average Bonchev–Trinajstić information content (AvgIpc) is 3.23. The Morgan fingerprint density at radius 2 is 1.75 bits per heavy atom. The van der Waals surface area contributed by atoms with E-state index in [0.717, 1.165) is 16.8 Å². The maximum Gasteiger partial charge on any atom is 0.250 e. The van der Waals surface area contributed by atoms with E-state index in [4.69, 9.17) is 23.2 Å². The van der Waals surface area contributed by atoms with Gasteiger partial charge in [-0.3, -0.25) is 9.36 Å². The third-order valence-electron chi connectivity index (χ3n) is 4.33. The Morgan fingerprint density at radius 1 is 0.969 bits per heavy atom. The normalized spacial score (nSPS) is 11.1. The summed E-state index contributed by atoms with van der Waals surface area (Å²) < 4.78 is 1.90. The molecule has 4 aromatic rings. The summed E-state index contributed by atoms with van der Waals surface area (Å²) in [5.74, 6) is 0.530. The van der Waals surface area contributed by atoms with E-state index in [2.05, 4.69) is 20.7 Å². The van der Waals surface area contributed by atoms with E-state index in [1.807, 2.05) is 59.2 Å². The van der Waals surface area contributed by atoms with E-state index >= 15 is 0 Å². The number of amides is 1. The molecule has 3 aromatic carbocycles. The Bertz CT molecular complexity index is 1240. The molecular weight excluding hydrogens is 465 g/mol. The van der Waals surface area contributed by atoms with Crippen molar-refractivity contribution < 1.29 is 4.79 Å². The predicted molar refractivity (Wildman–Crippen MR) is 130 cm³/mol. The lowest BCUT2D eigenvalue weighted by atomic mass is 10.2. The number of rotatable bonds is 7. The van der Waals surface area contributed by atoms with Crippen molar-refractivity contribution >= 4 is 47.1 Å². The highest BCUT2D eigenvalue weighted by Crippen LogP contribution is 2.28. The number of nitrogens with zero attached hydrogens (tertiary/aromatic N) is 4. The third-order valence-corrected chi connectivity index (χ3v) is 5.75. The predicted octanol–water partition coefficient (Wildman–Crippen LogP) is 5.48. The number of carbonyl (C=O) groups is 1. The first-order valence-corrected chi connectivity index (χ1v) is 11.3. The summed E-state index contributed by atoms with van der Waals surface area (Å²) in [4.78, 5) is 12.3. The molecule has 0 aliphatic heterocycles. The van der Waals surface area contributed by atoms with Gasteiger partial charge in [-0.2, -0.15) is 5.10 Å². The molecule has 0 aliphatic carbocycles. The Kier molecular flexibility index (Phi) is 7.21. The molecule has 160 valence electrons. The Labute approximate surface area is 199 Å². The summed E-state index contributed by atoms with van der Waals surface area (Å²) in [6.07, 6.45) is 1.54. The second kappa shape index (κ2) is 10.5. The molecule has 1 aromatic heterocycles. The Balaban J connectivity index is 1.50. The molecule has 9 heteroatoms. The highest BCUT2D eigenvalue weighted by atomic mass is 35.5. The van der Waals surface area contributed by atoms with Crippen molar-refractivity contribution in [3.63, 3.8) is 0 Å². The molecule has 1 heterocycles. The fraction of sp³-hybridized carbons (Fsp3) is 0.0435. The molecule has 0 spiro atoms. The summed E-state index contributed by atoms with van der Waals surface area (Å²) in [6, 6.07) is 24.3. The molecule has 0 bridgehead atoms. The molecule has 1 N–H and O–H groups in total. The van der Waals surface area contributed by atoms with E-state index in [1.54, 1.807) is 24.3 Å². The maximum atomic E-state index is 12.3. The average molecular weight is 482 g/mol. The van der Waals surface area contributed by atoms with Crippen LogP contribution in [-0.2, 0) is 4.79 Å². The van der Waals surface area contributed by atoms with Crippen molar-refractivity contribution in [2.45, 2.75) is 5.16 Å². The molecular formula is C23H17Cl2N5OS. The maximum absolute atomic E-state index is 12.3. The van der Waals surface area contributed by atoms with Gasteiger partial charge in [0.1, 0.15) is 0 Å². The van der Waals surface area contributed by atoms with Crippen LogP contribution in [0.2, 0.25) is 10.0 Å². The Hall–Kier alpha value is -3.13. The largest absolute Gasteiger partial charge is 0.272 e. The number of carbonyl (C=O) groups excluding carboxylic acids is 1. The summed E-state index contributed by atoms with van der Waals surface area (Å²) in [7, 11) is 0. The van der Waals surface area contributed by atoms with Gasteiger partial charge in [0.25, 0.3) is 5.91 Å². The van der Waals surface area contributed by atoms with Crippen molar-refractivity contribution in [2.24, 2.45) is 5.10 Å². The molecule has 1 amide bonds. The van der Waals surface area contributed by atoms with Gasteiger partial charge in [0, 0.05) is 21.3 Å². The van der Waals surface area contributed by atoms with E-state index in [-0.39, 0.29) is 11.7 Å². The van der Waals surface area contributed by atoms with Crippen LogP contribution in [0.25, 0.3) is 17.1 Å². The number of hydrogen-bond acceptors (Lipinski definition) is 5. The zero-order valence-electron chi connectivity index (χ0n) is 16.7. The van der Waals surface area contributed by atoms with Crippen LogP contribution in [0.15, 0.2) is 89.1 Å². The second-order valence-electron chi connectivity index (χ2n) is 6.62.